The van der Waals surface area contributed by atoms with Gasteiger partial charge in [0, 0.05) is 56.1 Å². The fourth-order valence-electron chi connectivity index (χ4n) is 11.6. The van der Waals surface area contributed by atoms with Crippen LogP contribution in [0.3, 0.4) is 0 Å². The molecule has 13 aromatic rings. The van der Waals surface area contributed by atoms with Crippen LogP contribution in [-0.4, -0.2) is 16.1 Å². The minimum Gasteiger partial charge on any atom is -0.455 e. The number of nitrogens with zero attached hydrogens (tertiary/aromatic N) is 2. The van der Waals surface area contributed by atoms with Crippen molar-refractivity contribution < 1.29 is 13.2 Å². The van der Waals surface area contributed by atoms with Gasteiger partial charge in [0.1, 0.15) is 11.2 Å². The summed E-state index contributed by atoms with van der Waals surface area (Å²) in [6.07, 6.45) is 0. The molecule has 0 bridgehead atoms. The van der Waals surface area contributed by atoms with E-state index in [2.05, 4.69) is 178 Å². The summed E-state index contributed by atoms with van der Waals surface area (Å²) >= 11 is 0. The van der Waals surface area contributed by atoms with Gasteiger partial charge in [0.05, 0.1) is 27.5 Å². The van der Waals surface area contributed by atoms with Crippen LogP contribution in [0.4, 0.5) is 42.9 Å². The number of halogens is 2. The van der Waals surface area contributed by atoms with Gasteiger partial charge in [-0.3, -0.25) is 0 Å². The van der Waals surface area contributed by atoms with E-state index in [-0.39, 0.29) is 11.6 Å². The highest BCUT2D eigenvalue weighted by Crippen LogP contribution is 2.48. The van der Waals surface area contributed by atoms with Gasteiger partial charge in [0.15, 0.2) is 11.6 Å². The van der Waals surface area contributed by atoms with Gasteiger partial charge in [-0.2, -0.15) is 0 Å². The Bertz CT molecular complexity index is 4480. The van der Waals surface area contributed by atoms with Crippen molar-refractivity contribution in [3.63, 3.8) is 0 Å². The van der Waals surface area contributed by atoms with E-state index in [9.17, 15) is 0 Å². The van der Waals surface area contributed by atoms with E-state index in [1.165, 1.54) is 10.4 Å². The number of anilines is 6. The van der Waals surface area contributed by atoms with Crippen molar-refractivity contribution in [3.05, 3.63) is 266 Å². The molecule has 0 fully saturated rings. The Morgan fingerprint density at radius 2 is 0.691 bits per heavy atom. The molecule has 0 aliphatic carbocycles. The SMILES string of the molecule is C[Si](C)(C)c1ccc(N(c2ccc3c(c2)oc2c4ccc(N(c5ccc([Si](C)(C)C)cc5)c5cc(-c6ccccc6)cc(-c6ccccc6)c5F)cc4c4ccccc4c32)c2cc(-c3ccccc3)cc(-c3ccccc3)c2F)cc1. The number of rotatable bonds is 12. The van der Waals surface area contributed by atoms with Crippen LogP contribution in [0.2, 0.25) is 39.3 Å². The summed E-state index contributed by atoms with van der Waals surface area (Å²) in [7, 11) is -3.36. The molecule has 0 atom stereocenters. The summed E-state index contributed by atoms with van der Waals surface area (Å²) < 4.78 is 43.0. The van der Waals surface area contributed by atoms with E-state index in [0.717, 1.165) is 94.0 Å². The van der Waals surface area contributed by atoms with Gasteiger partial charge in [0.25, 0.3) is 0 Å². The Labute approximate surface area is 474 Å². The zero-order chi connectivity index (χ0) is 55.6. The predicted octanol–water partition coefficient (Wildman–Crippen LogP) is 20.9. The maximum Gasteiger partial charge on any atom is 0.155 e. The van der Waals surface area contributed by atoms with Gasteiger partial charge < -0.3 is 14.2 Å². The third-order valence-corrected chi connectivity index (χ3v) is 20.0. The fraction of sp³-hybridized carbons (Fsp3) is 0.0811. The molecule has 81 heavy (non-hydrogen) atoms. The van der Waals surface area contributed by atoms with E-state index in [4.69, 9.17) is 4.42 Å². The second kappa shape index (κ2) is 20.5. The normalized spacial score (nSPS) is 12.0. The summed E-state index contributed by atoms with van der Waals surface area (Å²) in [5.41, 5.74) is 12.0. The molecule has 0 unspecified atom stereocenters. The second-order valence-electron chi connectivity index (χ2n) is 23.2. The summed E-state index contributed by atoms with van der Waals surface area (Å²) in [6.45, 7) is 14.1. The van der Waals surface area contributed by atoms with Crippen LogP contribution in [0, 0.1) is 11.6 Å². The standard InChI is InChI=1S/C74H60F2N2OSi2/c1-80(2,3)59-37-31-55(32-38-59)77(68-45-53(49-21-11-7-12-22-49)43-65(72(68)75)51-25-15-9-16-26-51)57-35-41-63-67(47-57)61-29-19-20-30-62(61)71-64-42-36-58(48-70(64)79-74(63)71)78(56-33-39-60(40-34-56)81(4,5)6)69-46-54(50-23-13-8-14-24-50)44-66(73(69)76)52-27-17-10-18-28-52/h7-48H,1-6H3. The average molecular weight is 1090 g/mol. The first kappa shape index (κ1) is 51.3. The Kier molecular flexibility index (Phi) is 13.0. The molecule has 0 N–H and O–H groups in total. The molecule has 0 radical (unpaired) electrons. The van der Waals surface area contributed by atoms with Gasteiger partial charge in [-0.1, -0.05) is 220 Å². The third-order valence-electron chi connectivity index (χ3n) is 15.9. The second-order valence-corrected chi connectivity index (χ2v) is 33.4. The van der Waals surface area contributed by atoms with Gasteiger partial charge in [-0.05, 0) is 128 Å². The molecule has 0 spiro atoms. The summed E-state index contributed by atoms with van der Waals surface area (Å²) in [6, 6.07) is 86.5. The van der Waals surface area contributed by atoms with Crippen molar-refractivity contribution in [2.45, 2.75) is 39.3 Å². The van der Waals surface area contributed by atoms with Crippen LogP contribution in [0.1, 0.15) is 0 Å². The molecule has 12 aromatic carbocycles. The Morgan fingerprint density at radius 3 is 1.14 bits per heavy atom. The van der Waals surface area contributed by atoms with Crippen LogP contribution in [0.15, 0.2) is 259 Å². The predicted molar refractivity (Wildman–Crippen MR) is 346 cm³/mol. The van der Waals surface area contributed by atoms with Gasteiger partial charge in [-0.25, -0.2) is 8.78 Å². The molecule has 0 aliphatic heterocycles. The van der Waals surface area contributed by atoms with Crippen molar-refractivity contribution >= 4 is 104 Å². The number of fused-ring (bicyclic) bond motifs is 8. The maximum absolute atomic E-state index is 18.0. The molecule has 1 aromatic heterocycles. The van der Waals surface area contributed by atoms with E-state index < -0.39 is 16.1 Å². The minimum absolute atomic E-state index is 0.312. The van der Waals surface area contributed by atoms with E-state index >= 15 is 8.78 Å². The van der Waals surface area contributed by atoms with Crippen molar-refractivity contribution in [2.24, 2.45) is 0 Å². The summed E-state index contributed by atoms with van der Waals surface area (Å²) in [5, 5.41) is 8.56. The Morgan fingerprint density at radius 1 is 0.309 bits per heavy atom. The van der Waals surface area contributed by atoms with Crippen molar-refractivity contribution in [1.82, 2.24) is 0 Å². The van der Waals surface area contributed by atoms with Crippen molar-refractivity contribution in [3.8, 4) is 44.5 Å². The molecule has 3 nitrogen and oxygen atoms in total. The van der Waals surface area contributed by atoms with Crippen LogP contribution in [0.5, 0.6) is 0 Å². The topological polar surface area (TPSA) is 19.6 Å². The molecule has 7 heteroatoms. The van der Waals surface area contributed by atoms with Gasteiger partial charge >= 0.3 is 0 Å². The number of furan rings is 1. The third kappa shape index (κ3) is 9.52. The first-order valence-electron chi connectivity index (χ1n) is 27.8. The smallest absolute Gasteiger partial charge is 0.155 e. The first-order valence-corrected chi connectivity index (χ1v) is 34.8. The molecule has 0 aliphatic rings. The molecule has 394 valence electrons. The van der Waals surface area contributed by atoms with Gasteiger partial charge in [0.2, 0.25) is 0 Å². The summed E-state index contributed by atoms with van der Waals surface area (Å²) in [4.78, 5) is 4.11. The van der Waals surface area contributed by atoms with E-state index in [0.29, 0.717) is 28.1 Å². The molecule has 0 saturated heterocycles. The highest BCUT2D eigenvalue weighted by Gasteiger charge is 2.27. The highest BCUT2D eigenvalue weighted by molar-refractivity contribution is 6.89. The highest BCUT2D eigenvalue weighted by atomic mass is 28.3. The van der Waals surface area contributed by atoms with E-state index in [1.807, 2.05) is 126 Å². The molecular formula is C74H60F2N2OSi2. The minimum atomic E-state index is -1.68. The van der Waals surface area contributed by atoms with Crippen LogP contribution < -0.4 is 20.2 Å². The quantitative estimate of drug-likeness (QED) is 0.0898. The van der Waals surface area contributed by atoms with E-state index in [1.54, 1.807) is 0 Å². The number of hydrogen-bond donors (Lipinski definition) is 0. The van der Waals surface area contributed by atoms with Gasteiger partial charge in [-0.15, -0.1) is 0 Å². The van der Waals surface area contributed by atoms with Crippen LogP contribution in [-0.2, 0) is 0 Å². The van der Waals surface area contributed by atoms with Crippen molar-refractivity contribution in [1.29, 1.82) is 0 Å². The molecule has 0 saturated carbocycles. The lowest BCUT2D eigenvalue weighted by Gasteiger charge is -2.29. The monoisotopic (exact) mass is 1090 g/mol. The zero-order valence-electron chi connectivity index (χ0n) is 46.3. The Balaban J connectivity index is 1.02. The lowest BCUT2D eigenvalue weighted by molar-refractivity contribution is 0.632. The largest absolute Gasteiger partial charge is 0.455 e. The lowest BCUT2D eigenvalue weighted by atomic mass is 9.95. The van der Waals surface area contributed by atoms with Crippen LogP contribution >= 0.6 is 0 Å². The molecular weight excluding hydrogens is 1030 g/mol. The fourth-order valence-corrected chi connectivity index (χ4v) is 13.9. The summed E-state index contributed by atoms with van der Waals surface area (Å²) in [5.74, 6) is -0.635. The number of hydrogen-bond acceptors (Lipinski definition) is 3. The molecule has 13 rings (SSSR count). The number of benzene rings is 12. The zero-order valence-corrected chi connectivity index (χ0v) is 48.3. The molecule has 1 heterocycles. The maximum atomic E-state index is 18.0. The first-order chi connectivity index (χ1) is 39.3. The van der Waals surface area contributed by atoms with Crippen LogP contribution in [0.25, 0.3) is 88.0 Å². The average Bonchev–Trinajstić information content (AvgIpc) is 4.17. The molecule has 0 amide bonds. The van der Waals surface area contributed by atoms with Crippen molar-refractivity contribution in [2.75, 3.05) is 9.80 Å². The lowest BCUT2D eigenvalue weighted by Crippen LogP contribution is -2.37. The Hall–Kier alpha value is -9.15.